The minimum Gasteiger partial charge on any atom is -0.273 e. The quantitative estimate of drug-likeness (QED) is 0.694. The molecule has 100 valence electrons. The van der Waals surface area contributed by atoms with E-state index in [1.54, 1.807) is 23.5 Å². The van der Waals surface area contributed by atoms with Gasteiger partial charge in [-0.1, -0.05) is 29.8 Å². The highest BCUT2D eigenvalue weighted by Gasteiger charge is 2.14. The molecule has 0 atom stereocenters. The fourth-order valence-corrected chi connectivity index (χ4v) is 2.80. The normalized spacial score (nSPS) is 10.7. The van der Waals surface area contributed by atoms with Crippen molar-refractivity contribution >= 4 is 28.8 Å². The highest BCUT2D eigenvalue weighted by atomic mass is 35.5. The Morgan fingerprint density at radius 1 is 1.25 bits per heavy atom. The topological polar surface area (TPSA) is 34.9 Å². The summed E-state index contributed by atoms with van der Waals surface area (Å²) in [5.41, 5.74) is 2.50. The molecule has 20 heavy (non-hydrogen) atoms. The Balaban J connectivity index is 2.14. The number of benzene rings is 1. The lowest BCUT2D eigenvalue weighted by atomic mass is 10.1. The zero-order valence-electron chi connectivity index (χ0n) is 10.7. The van der Waals surface area contributed by atoms with E-state index in [-0.39, 0.29) is 5.91 Å². The average molecular weight is 303 g/mol. The molecule has 1 aromatic carbocycles. The summed E-state index contributed by atoms with van der Waals surface area (Å²) in [6, 6.07) is 13.3. The second-order valence-electron chi connectivity index (χ2n) is 4.33. The van der Waals surface area contributed by atoms with Gasteiger partial charge in [0.15, 0.2) is 0 Å². The van der Waals surface area contributed by atoms with Gasteiger partial charge < -0.3 is 0 Å². The molecule has 5 heteroatoms. The van der Waals surface area contributed by atoms with E-state index in [0.717, 1.165) is 21.8 Å². The predicted molar refractivity (Wildman–Crippen MR) is 82.3 cm³/mol. The highest BCUT2D eigenvalue weighted by molar-refractivity contribution is 7.13. The Morgan fingerprint density at radius 2 is 2.00 bits per heavy atom. The molecule has 0 amide bonds. The first-order valence-electron chi connectivity index (χ1n) is 6.06. The van der Waals surface area contributed by atoms with Crippen molar-refractivity contribution in [1.82, 2.24) is 9.78 Å². The highest BCUT2D eigenvalue weighted by Crippen LogP contribution is 2.29. The fourth-order valence-electron chi connectivity index (χ4n) is 1.99. The van der Waals surface area contributed by atoms with Gasteiger partial charge >= 0.3 is 0 Å². The Kier molecular flexibility index (Phi) is 3.42. The molecule has 0 saturated carbocycles. The lowest BCUT2D eigenvalue weighted by molar-refractivity contribution is 0.0923. The number of thiophene rings is 1. The second kappa shape index (κ2) is 5.23. The van der Waals surface area contributed by atoms with Gasteiger partial charge in [-0.15, -0.1) is 11.3 Å². The zero-order valence-corrected chi connectivity index (χ0v) is 12.3. The SMILES string of the molecule is CC(=O)n1nc(-c2cccs2)cc1-c1ccc(Cl)cc1. The zero-order chi connectivity index (χ0) is 14.1. The molecule has 0 bridgehead atoms. The van der Waals surface area contributed by atoms with Crippen LogP contribution in [0.15, 0.2) is 47.8 Å². The van der Waals surface area contributed by atoms with Gasteiger partial charge in [0.05, 0.1) is 10.6 Å². The maximum absolute atomic E-state index is 11.8. The first kappa shape index (κ1) is 13.1. The predicted octanol–water partition coefficient (Wildman–Crippen LogP) is 4.59. The molecule has 3 rings (SSSR count). The third-order valence-electron chi connectivity index (χ3n) is 2.92. The first-order chi connectivity index (χ1) is 9.65. The van der Waals surface area contributed by atoms with Crippen LogP contribution in [0.2, 0.25) is 5.02 Å². The van der Waals surface area contributed by atoms with Crippen LogP contribution >= 0.6 is 22.9 Å². The van der Waals surface area contributed by atoms with Crippen LogP contribution in [0.4, 0.5) is 0 Å². The Hall–Kier alpha value is -1.91. The summed E-state index contributed by atoms with van der Waals surface area (Å²) in [6.45, 7) is 1.50. The second-order valence-corrected chi connectivity index (χ2v) is 5.71. The summed E-state index contributed by atoms with van der Waals surface area (Å²) in [5.74, 6) is -0.113. The average Bonchev–Trinajstić information content (AvgIpc) is 3.08. The van der Waals surface area contributed by atoms with Gasteiger partial charge in [-0.2, -0.15) is 9.78 Å². The van der Waals surface area contributed by atoms with E-state index < -0.39 is 0 Å². The van der Waals surface area contributed by atoms with Crippen LogP contribution in [0.25, 0.3) is 21.8 Å². The molecule has 0 aliphatic carbocycles. The van der Waals surface area contributed by atoms with Crippen molar-refractivity contribution in [1.29, 1.82) is 0 Å². The van der Waals surface area contributed by atoms with Crippen LogP contribution in [0.3, 0.4) is 0 Å². The minimum absolute atomic E-state index is 0.113. The van der Waals surface area contributed by atoms with Crippen molar-refractivity contribution in [2.75, 3.05) is 0 Å². The molecule has 0 spiro atoms. The molecule has 0 fully saturated rings. The van der Waals surface area contributed by atoms with Gasteiger partial charge in [-0.05, 0) is 29.6 Å². The summed E-state index contributed by atoms with van der Waals surface area (Å²) >= 11 is 7.50. The minimum atomic E-state index is -0.113. The largest absolute Gasteiger partial charge is 0.273 e. The molecule has 2 aromatic heterocycles. The summed E-state index contributed by atoms with van der Waals surface area (Å²) in [5, 5.41) is 7.05. The Morgan fingerprint density at radius 3 is 2.60 bits per heavy atom. The maximum atomic E-state index is 11.8. The molecule has 2 heterocycles. The summed E-state index contributed by atoms with van der Waals surface area (Å²) < 4.78 is 1.43. The number of rotatable bonds is 2. The number of halogens is 1. The lowest BCUT2D eigenvalue weighted by Crippen LogP contribution is -2.09. The monoisotopic (exact) mass is 302 g/mol. The van der Waals surface area contributed by atoms with Crippen LogP contribution in [0.5, 0.6) is 0 Å². The molecular weight excluding hydrogens is 292 g/mol. The van der Waals surface area contributed by atoms with E-state index in [1.807, 2.05) is 35.7 Å². The molecule has 3 nitrogen and oxygen atoms in total. The van der Waals surface area contributed by atoms with Crippen molar-refractivity contribution in [3.8, 4) is 21.8 Å². The van der Waals surface area contributed by atoms with Gasteiger partial charge in [0, 0.05) is 17.5 Å². The number of carbonyl (C=O) groups excluding carboxylic acids is 1. The standard InChI is InChI=1S/C15H11ClN2OS/c1-10(19)18-14(11-4-6-12(16)7-5-11)9-13(17-18)15-3-2-8-20-15/h2-9H,1H3. The maximum Gasteiger partial charge on any atom is 0.244 e. The summed E-state index contributed by atoms with van der Waals surface area (Å²) in [4.78, 5) is 12.8. The molecule has 0 N–H and O–H groups in total. The van der Waals surface area contributed by atoms with Crippen molar-refractivity contribution in [3.63, 3.8) is 0 Å². The van der Waals surface area contributed by atoms with Crippen molar-refractivity contribution in [2.45, 2.75) is 6.92 Å². The van der Waals surface area contributed by atoms with E-state index in [4.69, 9.17) is 11.6 Å². The van der Waals surface area contributed by atoms with Gasteiger partial charge in [0.2, 0.25) is 5.91 Å². The van der Waals surface area contributed by atoms with Gasteiger partial charge in [-0.25, -0.2) is 0 Å². The van der Waals surface area contributed by atoms with E-state index >= 15 is 0 Å². The number of hydrogen-bond acceptors (Lipinski definition) is 3. The third kappa shape index (κ3) is 2.40. The van der Waals surface area contributed by atoms with E-state index in [1.165, 1.54) is 11.6 Å². The fraction of sp³-hybridized carbons (Fsp3) is 0.0667. The Bertz CT molecular complexity index is 745. The van der Waals surface area contributed by atoms with Crippen LogP contribution in [-0.4, -0.2) is 15.7 Å². The number of hydrogen-bond donors (Lipinski definition) is 0. The number of aromatic nitrogens is 2. The molecule has 0 aliphatic heterocycles. The van der Waals surface area contributed by atoms with Crippen LogP contribution < -0.4 is 0 Å². The number of nitrogens with zero attached hydrogens (tertiary/aromatic N) is 2. The Labute approximate surface area is 125 Å². The summed E-state index contributed by atoms with van der Waals surface area (Å²) in [6.07, 6.45) is 0. The smallest absolute Gasteiger partial charge is 0.244 e. The summed E-state index contributed by atoms with van der Waals surface area (Å²) in [7, 11) is 0. The van der Waals surface area contributed by atoms with Gasteiger partial charge in [0.25, 0.3) is 0 Å². The molecule has 0 aliphatic rings. The van der Waals surface area contributed by atoms with E-state index in [9.17, 15) is 4.79 Å². The van der Waals surface area contributed by atoms with Crippen molar-refractivity contribution in [3.05, 3.63) is 52.9 Å². The molecule has 0 saturated heterocycles. The number of carbonyl (C=O) groups is 1. The van der Waals surface area contributed by atoms with Crippen molar-refractivity contribution in [2.24, 2.45) is 0 Å². The first-order valence-corrected chi connectivity index (χ1v) is 7.32. The van der Waals surface area contributed by atoms with Crippen LogP contribution in [0.1, 0.15) is 11.7 Å². The van der Waals surface area contributed by atoms with Crippen LogP contribution in [-0.2, 0) is 0 Å². The van der Waals surface area contributed by atoms with Crippen molar-refractivity contribution < 1.29 is 4.79 Å². The van der Waals surface area contributed by atoms with Gasteiger partial charge in [-0.3, -0.25) is 4.79 Å². The van der Waals surface area contributed by atoms with E-state index in [2.05, 4.69) is 5.10 Å². The van der Waals surface area contributed by atoms with E-state index in [0.29, 0.717) is 5.02 Å². The molecule has 3 aromatic rings. The van der Waals surface area contributed by atoms with Gasteiger partial charge in [0.1, 0.15) is 5.69 Å². The third-order valence-corrected chi connectivity index (χ3v) is 4.07. The molecule has 0 radical (unpaired) electrons. The molecular formula is C15H11ClN2OS. The van der Waals surface area contributed by atoms with Crippen LogP contribution in [0, 0.1) is 0 Å². The molecule has 0 unspecified atom stereocenters. The lowest BCUT2D eigenvalue weighted by Gasteiger charge is -2.03.